The number of benzene rings is 1. The molecule has 0 atom stereocenters. The highest BCUT2D eigenvalue weighted by molar-refractivity contribution is 7.98. The summed E-state index contributed by atoms with van der Waals surface area (Å²) in [4.78, 5) is 17.7. The molecule has 25 heavy (non-hydrogen) atoms. The zero-order valence-corrected chi connectivity index (χ0v) is 15.8. The summed E-state index contributed by atoms with van der Waals surface area (Å²) in [5.74, 6) is -0.142. The molecule has 0 spiro atoms. The number of amides is 1. The molecular weight excluding hydrogens is 356 g/mol. The lowest BCUT2D eigenvalue weighted by Gasteiger charge is -2.07. The van der Waals surface area contributed by atoms with Crippen LogP contribution in [0.1, 0.15) is 33.7 Å². The van der Waals surface area contributed by atoms with Crippen molar-refractivity contribution in [2.45, 2.75) is 31.8 Å². The second-order valence-electron chi connectivity index (χ2n) is 5.35. The highest BCUT2D eigenvalue weighted by atomic mass is 32.2. The number of thiazole rings is 1. The van der Waals surface area contributed by atoms with Gasteiger partial charge in [-0.2, -0.15) is 4.68 Å². The number of nitrogens with zero attached hydrogens (tertiary/aromatic N) is 5. The average molecular weight is 374 g/mol. The molecule has 7 nitrogen and oxygen atoms in total. The van der Waals surface area contributed by atoms with E-state index >= 15 is 0 Å². The lowest BCUT2D eigenvalue weighted by atomic mass is 10.2. The molecule has 0 aliphatic rings. The van der Waals surface area contributed by atoms with Crippen molar-refractivity contribution in [3.8, 4) is 5.69 Å². The van der Waals surface area contributed by atoms with Gasteiger partial charge in [0, 0.05) is 5.69 Å². The highest BCUT2D eigenvalue weighted by Crippen LogP contribution is 2.22. The predicted octanol–water partition coefficient (Wildman–Crippen LogP) is 3.35. The van der Waals surface area contributed by atoms with Crippen LogP contribution >= 0.6 is 23.1 Å². The summed E-state index contributed by atoms with van der Waals surface area (Å²) in [5, 5.41) is 16.2. The fourth-order valence-corrected chi connectivity index (χ4v) is 3.85. The number of thioether (sulfide) groups is 1. The second kappa shape index (κ2) is 7.75. The van der Waals surface area contributed by atoms with Gasteiger partial charge in [-0.15, -0.1) is 16.4 Å². The van der Waals surface area contributed by atoms with Gasteiger partial charge >= 0.3 is 0 Å². The van der Waals surface area contributed by atoms with Crippen molar-refractivity contribution in [1.29, 1.82) is 0 Å². The molecule has 1 amide bonds. The standard InChI is InChI=1S/C16H18N6OS2/c1-4-6-13-17-10(2)14(25-13)15(23)18-11-7-5-8-12(9-11)22-16(24-3)19-20-21-22/h5,7-9H,4,6H2,1-3H3,(H,18,23). The Kier molecular flexibility index (Phi) is 5.44. The minimum Gasteiger partial charge on any atom is -0.321 e. The van der Waals surface area contributed by atoms with E-state index in [0.29, 0.717) is 15.7 Å². The zero-order valence-electron chi connectivity index (χ0n) is 14.2. The summed E-state index contributed by atoms with van der Waals surface area (Å²) in [7, 11) is 0. The molecule has 0 unspecified atom stereocenters. The van der Waals surface area contributed by atoms with Crippen LogP contribution in [0.4, 0.5) is 5.69 Å². The molecule has 0 aliphatic heterocycles. The number of tetrazole rings is 1. The first-order chi connectivity index (χ1) is 12.1. The summed E-state index contributed by atoms with van der Waals surface area (Å²) in [6.45, 7) is 3.97. The normalized spacial score (nSPS) is 10.8. The van der Waals surface area contributed by atoms with Gasteiger partial charge in [-0.3, -0.25) is 4.79 Å². The number of hydrogen-bond acceptors (Lipinski definition) is 7. The van der Waals surface area contributed by atoms with Crippen LogP contribution in [-0.2, 0) is 6.42 Å². The largest absolute Gasteiger partial charge is 0.321 e. The van der Waals surface area contributed by atoms with Gasteiger partial charge in [0.1, 0.15) is 4.88 Å². The fourth-order valence-electron chi connectivity index (χ4n) is 2.36. The molecule has 0 radical (unpaired) electrons. The summed E-state index contributed by atoms with van der Waals surface area (Å²) >= 11 is 2.91. The Morgan fingerprint density at radius 2 is 2.24 bits per heavy atom. The quantitative estimate of drug-likeness (QED) is 0.666. The second-order valence-corrected chi connectivity index (χ2v) is 7.21. The summed E-state index contributed by atoms with van der Waals surface area (Å²) in [6.07, 6.45) is 3.82. The van der Waals surface area contributed by atoms with Crippen LogP contribution in [0.25, 0.3) is 5.69 Å². The molecule has 0 saturated heterocycles. The Bertz CT molecular complexity index is 888. The van der Waals surface area contributed by atoms with Gasteiger partial charge < -0.3 is 5.32 Å². The maximum absolute atomic E-state index is 12.6. The van der Waals surface area contributed by atoms with Crippen molar-refractivity contribution in [3.05, 3.63) is 39.8 Å². The number of carbonyl (C=O) groups excluding carboxylic acids is 1. The average Bonchev–Trinajstić information content (AvgIpc) is 3.21. The number of nitrogens with one attached hydrogen (secondary N) is 1. The highest BCUT2D eigenvalue weighted by Gasteiger charge is 2.16. The molecule has 0 fully saturated rings. The molecule has 2 heterocycles. The van der Waals surface area contributed by atoms with Crippen molar-refractivity contribution in [3.63, 3.8) is 0 Å². The molecule has 130 valence electrons. The van der Waals surface area contributed by atoms with Crippen molar-refractivity contribution in [1.82, 2.24) is 25.2 Å². The van der Waals surface area contributed by atoms with Crippen LogP contribution in [-0.4, -0.2) is 37.4 Å². The number of aryl methyl sites for hydroxylation is 2. The Balaban J connectivity index is 1.81. The summed E-state index contributed by atoms with van der Waals surface area (Å²) in [5.41, 5.74) is 2.25. The Morgan fingerprint density at radius 3 is 3.00 bits per heavy atom. The van der Waals surface area contributed by atoms with Gasteiger partial charge in [-0.1, -0.05) is 24.8 Å². The molecule has 3 aromatic rings. The first-order valence-electron chi connectivity index (χ1n) is 7.82. The first-order valence-corrected chi connectivity index (χ1v) is 9.87. The van der Waals surface area contributed by atoms with Gasteiger partial charge in [0.2, 0.25) is 5.16 Å². The van der Waals surface area contributed by atoms with Crippen molar-refractivity contribution >= 4 is 34.7 Å². The molecule has 9 heteroatoms. The number of rotatable bonds is 6. The molecular formula is C16H18N6OS2. The summed E-state index contributed by atoms with van der Waals surface area (Å²) in [6, 6.07) is 7.44. The predicted molar refractivity (Wildman–Crippen MR) is 99.7 cm³/mol. The van der Waals surface area contributed by atoms with Gasteiger partial charge in [-0.05, 0) is 54.6 Å². The van der Waals surface area contributed by atoms with E-state index in [1.807, 2.05) is 37.4 Å². The van der Waals surface area contributed by atoms with E-state index in [-0.39, 0.29) is 5.91 Å². The smallest absolute Gasteiger partial charge is 0.267 e. The van der Waals surface area contributed by atoms with E-state index in [2.05, 4.69) is 32.7 Å². The van der Waals surface area contributed by atoms with E-state index in [9.17, 15) is 4.79 Å². The molecule has 2 aromatic heterocycles. The van der Waals surface area contributed by atoms with E-state index in [0.717, 1.165) is 29.2 Å². The van der Waals surface area contributed by atoms with Crippen LogP contribution in [0, 0.1) is 6.92 Å². The maximum atomic E-state index is 12.6. The summed E-state index contributed by atoms with van der Waals surface area (Å²) < 4.78 is 1.64. The molecule has 3 rings (SSSR count). The van der Waals surface area contributed by atoms with Crippen LogP contribution in [0.3, 0.4) is 0 Å². The number of aromatic nitrogens is 5. The van der Waals surface area contributed by atoms with Crippen molar-refractivity contribution in [2.75, 3.05) is 11.6 Å². The zero-order chi connectivity index (χ0) is 17.8. The third-order valence-corrected chi connectivity index (χ3v) is 5.32. The SMILES string of the molecule is CCCc1nc(C)c(C(=O)Nc2cccc(-n3nnnc3SC)c2)s1. The lowest BCUT2D eigenvalue weighted by molar-refractivity contribution is 0.103. The Hall–Kier alpha value is -2.26. The van der Waals surface area contributed by atoms with Crippen molar-refractivity contribution < 1.29 is 4.79 Å². The van der Waals surface area contributed by atoms with Crippen LogP contribution in [0.5, 0.6) is 0 Å². The van der Waals surface area contributed by atoms with Crippen LogP contribution in [0.2, 0.25) is 0 Å². The molecule has 0 bridgehead atoms. The van der Waals surface area contributed by atoms with E-state index in [1.165, 1.54) is 23.1 Å². The topological polar surface area (TPSA) is 85.6 Å². The monoisotopic (exact) mass is 374 g/mol. The Morgan fingerprint density at radius 1 is 1.40 bits per heavy atom. The van der Waals surface area contributed by atoms with Gasteiger partial charge in [0.05, 0.1) is 16.4 Å². The van der Waals surface area contributed by atoms with Crippen LogP contribution in [0.15, 0.2) is 29.4 Å². The van der Waals surface area contributed by atoms with E-state index < -0.39 is 0 Å². The fraction of sp³-hybridized carbons (Fsp3) is 0.312. The number of carbonyl (C=O) groups is 1. The minimum atomic E-state index is -0.142. The number of hydrogen-bond donors (Lipinski definition) is 1. The van der Waals surface area contributed by atoms with E-state index in [1.54, 1.807) is 4.68 Å². The van der Waals surface area contributed by atoms with E-state index in [4.69, 9.17) is 0 Å². The molecule has 0 saturated carbocycles. The minimum absolute atomic E-state index is 0.142. The molecule has 1 N–H and O–H groups in total. The lowest BCUT2D eigenvalue weighted by Crippen LogP contribution is -2.12. The van der Waals surface area contributed by atoms with Gasteiger partial charge in [0.15, 0.2) is 0 Å². The van der Waals surface area contributed by atoms with Crippen molar-refractivity contribution in [2.24, 2.45) is 0 Å². The third-order valence-electron chi connectivity index (χ3n) is 3.48. The van der Waals surface area contributed by atoms with Gasteiger partial charge in [0.25, 0.3) is 5.91 Å². The third kappa shape index (κ3) is 3.88. The number of anilines is 1. The van der Waals surface area contributed by atoms with Gasteiger partial charge in [-0.25, -0.2) is 4.98 Å². The molecule has 1 aromatic carbocycles. The Labute approximate surface area is 153 Å². The maximum Gasteiger partial charge on any atom is 0.267 e. The van der Waals surface area contributed by atoms with Crippen LogP contribution < -0.4 is 5.32 Å². The molecule has 0 aliphatic carbocycles. The first kappa shape index (κ1) is 17.6.